The number of ether oxygens (including phenoxy) is 7. The predicted octanol–water partition coefficient (Wildman–Crippen LogP) is 13.8. The van der Waals surface area contributed by atoms with Gasteiger partial charge < -0.3 is 42.7 Å². The fraction of sp³-hybridized carbons (Fsp3) is 0.846. The molecule has 0 aromatic heterocycles. The second kappa shape index (κ2) is 29.3. The Labute approximate surface area is 400 Å². The van der Waals surface area contributed by atoms with Gasteiger partial charge in [-0.25, -0.2) is 0 Å². The van der Waals surface area contributed by atoms with E-state index in [9.17, 15) is 5.11 Å². The van der Waals surface area contributed by atoms with Crippen LogP contribution in [0.25, 0.3) is 0 Å². The van der Waals surface area contributed by atoms with Crippen LogP contribution in [-0.4, -0.2) is 98.5 Å². The molecule has 0 aliphatic carbocycles. The number of hydrogen-bond acceptors (Lipinski definition) is 11. The van der Waals surface area contributed by atoms with Crippen molar-refractivity contribution in [2.24, 2.45) is 0 Å². The first-order chi connectivity index (χ1) is 30.6. The van der Waals surface area contributed by atoms with Crippen molar-refractivity contribution in [3.63, 3.8) is 0 Å². The van der Waals surface area contributed by atoms with Gasteiger partial charge in [0.1, 0.15) is 11.9 Å². The highest BCUT2D eigenvalue weighted by Gasteiger charge is 2.43. The van der Waals surface area contributed by atoms with Crippen LogP contribution in [0, 0.1) is 0 Å². The largest absolute Gasteiger partial charge is 0.497 e. The minimum atomic E-state index is -1.70. The highest BCUT2D eigenvalue weighted by atomic mass is 32.2. The standard InChI is InChI=1S/C52H92O9S2Si/c1-10-33-55-45(24-17-12-14-21-36-59-64(8,9)50(2,3)4)46(58-41-42-28-30-44(54-7)31-29-42)25-16-11-13-20-32-52(62-37-23-38-63-52)40-43(53)39-48-47(60-51(5,6)61-48)26-18-15-19-27-49-56-34-22-35-57-49/h10,28-31,33,43,45-49,53H,11-27,32,34-41H2,1-9H3/b33-10+/t43?,45?,46-,47+,48+/m0/s1. The first kappa shape index (κ1) is 55.8. The summed E-state index contributed by atoms with van der Waals surface area (Å²) in [5, 5.41) is 11.9. The van der Waals surface area contributed by atoms with Crippen LogP contribution in [0.5, 0.6) is 5.75 Å². The Kier molecular flexibility index (Phi) is 25.5. The summed E-state index contributed by atoms with van der Waals surface area (Å²) in [6.07, 6.45) is 24.4. The van der Waals surface area contributed by atoms with Gasteiger partial charge in [0.25, 0.3) is 0 Å². The third-order valence-corrected chi connectivity index (χ3v) is 21.6. The second-order valence-corrected chi connectivity index (χ2v) is 28.6. The molecule has 3 fully saturated rings. The topological polar surface area (TPSA) is 94.1 Å². The molecule has 0 radical (unpaired) electrons. The summed E-state index contributed by atoms with van der Waals surface area (Å²) in [6, 6.07) is 8.21. The van der Waals surface area contributed by atoms with Crippen LogP contribution >= 0.6 is 23.5 Å². The lowest BCUT2D eigenvalue weighted by Gasteiger charge is -2.38. The van der Waals surface area contributed by atoms with E-state index < -0.39 is 20.2 Å². The van der Waals surface area contributed by atoms with Gasteiger partial charge in [-0.15, -0.1) is 23.5 Å². The van der Waals surface area contributed by atoms with E-state index in [-0.39, 0.29) is 39.8 Å². The van der Waals surface area contributed by atoms with Crippen LogP contribution < -0.4 is 4.74 Å². The van der Waals surface area contributed by atoms with Gasteiger partial charge in [-0.3, -0.25) is 0 Å². The van der Waals surface area contributed by atoms with Crippen molar-refractivity contribution in [1.82, 2.24) is 0 Å². The summed E-state index contributed by atoms with van der Waals surface area (Å²) in [5.41, 5.74) is 1.14. The van der Waals surface area contributed by atoms with Gasteiger partial charge in [-0.2, -0.15) is 0 Å². The monoisotopic (exact) mass is 953 g/mol. The van der Waals surface area contributed by atoms with Gasteiger partial charge in [-0.1, -0.05) is 90.3 Å². The van der Waals surface area contributed by atoms with Crippen LogP contribution in [0.2, 0.25) is 18.1 Å². The van der Waals surface area contributed by atoms with Gasteiger partial charge in [0, 0.05) is 13.0 Å². The molecule has 0 saturated carbocycles. The Hall–Kier alpha value is -0.803. The van der Waals surface area contributed by atoms with E-state index in [0.29, 0.717) is 13.0 Å². The number of aliphatic hydroxyl groups is 1. The van der Waals surface area contributed by atoms with Gasteiger partial charge in [0.15, 0.2) is 20.4 Å². The number of unbranched alkanes of at least 4 members (excludes halogenated alkanes) is 8. The summed E-state index contributed by atoms with van der Waals surface area (Å²) in [7, 11) is 0.000122. The first-order valence-corrected chi connectivity index (χ1v) is 30.2. The highest BCUT2D eigenvalue weighted by molar-refractivity contribution is 8.18. The fourth-order valence-electron chi connectivity index (χ4n) is 8.84. The van der Waals surface area contributed by atoms with Crippen LogP contribution in [-0.2, 0) is 39.5 Å². The van der Waals surface area contributed by atoms with Crippen LogP contribution in [0.4, 0.5) is 0 Å². The number of allylic oxidation sites excluding steroid dienone is 1. The quantitative estimate of drug-likeness (QED) is 0.0425. The van der Waals surface area contributed by atoms with Gasteiger partial charge in [0.05, 0.1) is 61.7 Å². The zero-order chi connectivity index (χ0) is 46.3. The molecule has 0 spiro atoms. The molecule has 3 aliphatic heterocycles. The average Bonchev–Trinajstić information content (AvgIpc) is 3.55. The number of benzene rings is 1. The molecule has 3 saturated heterocycles. The molecule has 3 aliphatic rings. The average molecular weight is 954 g/mol. The summed E-state index contributed by atoms with van der Waals surface area (Å²) >= 11 is 4.17. The first-order valence-electron chi connectivity index (χ1n) is 25.3. The molecule has 9 nitrogen and oxygen atoms in total. The molecule has 1 aromatic rings. The van der Waals surface area contributed by atoms with E-state index in [1.807, 2.05) is 45.2 Å². The maximum Gasteiger partial charge on any atom is 0.191 e. The number of rotatable bonds is 32. The lowest BCUT2D eigenvalue weighted by atomic mass is 9.97. The Bertz CT molecular complexity index is 1390. The van der Waals surface area contributed by atoms with E-state index in [4.69, 9.17) is 37.6 Å². The Morgan fingerprint density at radius 2 is 1.44 bits per heavy atom. The van der Waals surface area contributed by atoms with Crippen molar-refractivity contribution < 1.29 is 42.7 Å². The molecule has 5 atom stereocenters. The highest BCUT2D eigenvalue weighted by Crippen LogP contribution is 2.50. The zero-order valence-electron chi connectivity index (χ0n) is 41.8. The number of aliphatic hydroxyl groups excluding tert-OH is 1. The zero-order valence-corrected chi connectivity index (χ0v) is 44.5. The molecule has 3 heterocycles. The van der Waals surface area contributed by atoms with Crippen molar-refractivity contribution in [2.75, 3.05) is 38.4 Å². The van der Waals surface area contributed by atoms with Crippen molar-refractivity contribution in [3.8, 4) is 5.75 Å². The predicted molar refractivity (Wildman–Crippen MR) is 270 cm³/mol. The number of hydrogen-bond donors (Lipinski definition) is 1. The maximum atomic E-state index is 11.7. The van der Waals surface area contributed by atoms with E-state index in [2.05, 4.69) is 69.5 Å². The SMILES string of the molecule is C/C=C/OC(CCCCCCO[Si](C)(C)C(C)(C)C)[C@H](CCCCCCC1(CC(O)C[C@H]2OC(C)(C)O[C@@H]2CCCCCC2OCCCO2)SCCCS1)OCc1ccc(OC)cc1. The maximum absolute atomic E-state index is 11.7. The molecule has 370 valence electrons. The molecule has 0 amide bonds. The fourth-order valence-corrected chi connectivity index (χ4v) is 13.5. The van der Waals surface area contributed by atoms with Gasteiger partial charge in [-0.05, 0) is 139 Å². The number of thioether (sulfide) groups is 2. The molecular weight excluding hydrogens is 861 g/mol. The molecule has 4 rings (SSSR count). The Morgan fingerprint density at radius 3 is 2.11 bits per heavy atom. The van der Waals surface area contributed by atoms with Gasteiger partial charge in [0.2, 0.25) is 0 Å². The number of methoxy groups -OCH3 is 1. The molecule has 1 N–H and O–H groups in total. The molecule has 0 bridgehead atoms. The van der Waals surface area contributed by atoms with Crippen molar-refractivity contribution in [3.05, 3.63) is 42.2 Å². The third-order valence-electron chi connectivity index (χ3n) is 13.6. The minimum absolute atomic E-state index is 0.00695. The molecule has 12 heteroatoms. The van der Waals surface area contributed by atoms with Crippen LogP contribution in [0.3, 0.4) is 0 Å². The second-order valence-electron chi connectivity index (χ2n) is 20.5. The van der Waals surface area contributed by atoms with Crippen LogP contribution in [0.15, 0.2) is 36.6 Å². The smallest absolute Gasteiger partial charge is 0.191 e. The molecular formula is C52H92O9S2Si. The summed E-state index contributed by atoms with van der Waals surface area (Å²) in [6.45, 7) is 20.7. The molecule has 1 aromatic carbocycles. The van der Waals surface area contributed by atoms with E-state index in [0.717, 1.165) is 127 Å². The lowest BCUT2D eigenvalue weighted by molar-refractivity contribution is -0.181. The summed E-state index contributed by atoms with van der Waals surface area (Å²) in [4.78, 5) is 0. The van der Waals surface area contributed by atoms with E-state index in [1.54, 1.807) is 7.11 Å². The molecule has 64 heavy (non-hydrogen) atoms. The van der Waals surface area contributed by atoms with Crippen molar-refractivity contribution in [2.45, 2.75) is 241 Å². The summed E-state index contributed by atoms with van der Waals surface area (Å²) in [5.74, 6) is 2.57. The Balaban J connectivity index is 1.24. The third kappa shape index (κ3) is 20.8. The summed E-state index contributed by atoms with van der Waals surface area (Å²) < 4.78 is 49.4. The van der Waals surface area contributed by atoms with Gasteiger partial charge >= 0.3 is 0 Å². The van der Waals surface area contributed by atoms with Crippen molar-refractivity contribution in [1.29, 1.82) is 0 Å². The van der Waals surface area contributed by atoms with Crippen molar-refractivity contribution >= 4 is 31.8 Å². The Morgan fingerprint density at radius 1 is 0.812 bits per heavy atom. The van der Waals surface area contributed by atoms with Crippen LogP contribution in [0.1, 0.15) is 176 Å². The normalized spacial score (nSPS) is 22.2. The lowest BCUT2D eigenvalue weighted by Crippen LogP contribution is -2.40. The minimum Gasteiger partial charge on any atom is -0.497 e. The molecule has 2 unspecified atom stereocenters. The van der Waals surface area contributed by atoms with E-state index >= 15 is 0 Å². The van der Waals surface area contributed by atoms with E-state index in [1.165, 1.54) is 37.2 Å².